The van der Waals surface area contributed by atoms with Crippen molar-refractivity contribution < 1.29 is 5.11 Å². The van der Waals surface area contributed by atoms with Crippen LogP contribution in [0.2, 0.25) is 0 Å². The number of hydrogen-bond acceptors (Lipinski definition) is 3. The Morgan fingerprint density at radius 3 is 1.43 bits per heavy atom. The Labute approximate surface area is 87.0 Å². The van der Waals surface area contributed by atoms with E-state index in [2.05, 4.69) is 10.2 Å². The van der Waals surface area contributed by atoms with E-state index < -0.39 is 6.23 Å². The van der Waals surface area contributed by atoms with Gasteiger partial charge in [0.05, 0.1) is 0 Å². The minimum atomic E-state index is -0.532. The Morgan fingerprint density at radius 2 is 1.29 bits per heavy atom. The molecular formula is C10H23N3O. The summed E-state index contributed by atoms with van der Waals surface area (Å²) >= 11 is 0. The van der Waals surface area contributed by atoms with Gasteiger partial charge in [0.15, 0.2) is 0 Å². The number of aryl methyl sites for hydroxylation is 2. The summed E-state index contributed by atoms with van der Waals surface area (Å²) < 4.78 is 1.67. The zero-order valence-corrected chi connectivity index (χ0v) is 10.4. The Hall–Kier alpha value is -0.900. The molecule has 1 aromatic rings. The molecule has 4 heteroatoms. The van der Waals surface area contributed by atoms with Crippen molar-refractivity contribution in [3.63, 3.8) is 0 Å². The smallest absolute Gasteiger partial charge is 0.131 e. The highest BCUT2D eigenvalue weighted by Crippen LogP contribution is 2.06. The molecule has 1 atom stereocenters. The lowest BCUT2D eigenvalue weighted by Gasteiger charge is -2.07. The van der Waals surface area contributed by atoms with E-state index >= 15 is 0 Å². The molecule has 0 amide bonds. The van der Waals surface area contributed by atoms with Crippen molar-refractivity contribution in [3.8, 4) is 0 Å². The van der Waals surface area contributed by atoms with Gasteiger partial charge >= 0.3 is 0 Å². The van der Waals surface area contributed by atoms with Gasteiger partial charge in [-0.05, 0) is 20.8 Å². The van der Waals surface area contributed by atoms with Gasteiger partial charge < -0.3 is 5.11 Å². The van der Waals surface area contributed by atoms with Crippen LogP contribution in [0.3, 0.4) is 0 Å². The molecule has 0 saturated carbocycles. The van der Waals surface area contributed by atoms with E-state index in [1.54, 1.807) is 11.5 Å². The molecule has 0 spiro atoms. The van der Waals surface area contributed by atoms with Crippen molar-refractivity contribution >= 4 is 0 Å². The average molecular weight is 201 g/mol. The van der Waals surface area contributed by atoms with Gasteiger partial charge in [0.1, 0.15) is 17.9 Å². The Balaban J connectivity index is 0. The lowest BCUT2D eigenvalue weighted by Crippen LogP contribution is -2.07. The van der Waals surface area contributed by atoms with Crippen LogP contribution in [0.15, 0.2) is 0 Å². The number of aliphatic hydroxyl groups excluding tert-OH is 1. The summed E-state index contributed by atoms with van der Waals surface area (Å²) in [7, 11) is 0. The highest BCUT2D eigenvalue weighted by Gasteiger charge is 2.07. The predicted octanol–water partition coefficient (Wildman–Crippen LogP) is 2.46. The van der Waals surface area contributed by atoms with Gasteiger partial charge in [0.25, 0.3) is 0 Å². The van der Waals surface area contributed by atoms with E-state index in [4.69, 9.17) is 5.11 Å². The average Bonchev–Trinajstić information content (AvgIpc) is 2.52. The number of aliphatic hydroxyl groups is 1. The first-order valence-electron chi connectivity index (χ1n) is 5.19. The van der Waals surface area contributed by atoms with Crippen molar-refractivity contribution in [2.75, 3.05) is 0 Å². The van der Waals surface area contributed by atoms with E-state index in [1.165, 1.54) is 0 Å². The molecule has 0 aliphatic carbocycles. The molecule has 0 radical (unpaired) electrons. The topological polar surface area (TPSA) is 50.9 Å². The number of nitrogens with zero attached hydrogens (tertiary/aromatic N) is 3. The lowest BCUT2D eigenvalue weighted by atomic mass is 10.5. The zero-order valence-electron chi connectivity index (χ0n) is 10.4. The maximum Gasteiger partial charge on any atom is 0.131 e. The summed E-state index contributed by atoms with van der Waals surface area (Å²) in [6.07, 6.45) is -0.532. The second kappa shape index (κ2) is 8.69. The van der Waals surface area contributed by atoms with E-state index in [9.17, 15) is 0 Å². The molecule has 1 rings (SSSR count). The number of hydrogen-bond donors (Lipinski definition) is 1. The van der Waals surface area contributed by atoms with Gasteiger partial charge in [-0.2, -0.15) is 0 Å². The van der Waals surface area contributed by atoms with Crippen LogP contribution < -0.4 is 0 Å². The predicted molar refractivity (Wildman–Crippen MR) is 59.1 cm³/mol. The van der Waals surface area contributed by atoms with Crippen molar-refractivity contribution in [1.82, 2.24) is 14.8 Å². The molecule has 14 heavy (non-hydrogen) atoms. The molecule has 0 saturated heterocycles. The molecule has 0 aliphatic rings. The van der Waals surface area contributed by atoms with Crippen molar-refractivity contribution in [2.45, 2.75) is 54.7 Å². The second-order valence-corrected chi connectivity index (χ2v) is 2.30. The third-order valence-corrected chi connectivity index (χ3v) is 1.41. The summed E-state index contributed by atoms with van der Waals surface area (Å²) in [6.45, 7) is 13.3. The molecule has 1 aromatic heterocycles. The van der Waals surface area contributed by atoms with E-state index in [-0.39, 0.29) is 0 Å². The molecule has 4 nitrogen and oxygen atoms in total. The van der Waals surface area contributed by atoms with Crippen LogP contribution in [-0.2, 0) is 0 Å². The van der Waals surface area contributed by atoms with Crippen LogP contribution in [0, 0.1) is 13.8 Å². The molecule has 84 valence electrons. The molecule has 1 unspecified atom stereocenters. The third kappa shape index (κ3) is 4.37. The standard InChI is InChI=1S/C6H11N3O.2C2H6/c1-4-7-8-5(2)9(4)6(3)10;2*1-2/h6,10H,1-3H3;2*1-2H3. The van der Waals surface area contributed by atoms with Gasteiger partial charge in [-0.3, -0.25) is 4.57 Å². The van der Waals surface area contributed by atoms with Crippen LogP contribution in [0.5, 0.6) is 0 Å². The molecule has 1 heterocycles. The highest BCUT2D eigenvalue weighted by atomic mass is 16.3. The van der Waals surface area contributed by atoms with Crippen LogP contribution >= 0.6 is 0 Å². The normalized spacial score (nSPS) is 10.6. The molecular weight excluding hydrogens is 178 g/mol. The fourth-order valence-electron chi connectivity index (χ4n) is 1.02. The fourth-order valence-corrected chi connectivity index (χ4v) is 1.02. The first-order chi connectivity index (χ1) is 6.63. The Kier molecular flexibility index (Phi) is 9.66. The van der Waals surface area contributed by atoms with Crippen LogP contribution in [0.4, 0.5) is 0 Å². The first-order valence-corrected chi connectivity index (χ1v) is 5.19. The molecule has 0 aromatic carbocycles. The molecule has 1 N–H and O–H groups in total. The Morgan fingerprint density at radius 1 is 1.00 bits per heavy atom. The van der Waals surface area contributed by atoms with Crippen molar-refractivity contribution in [1.29, 1.82) is 0 Å². The SMILES string of the molecule is CC.CC.Cc1nnc(C)n1C(C)O. The molecule has 0 aliphatic heterocycles. The minimum Gasteiger partial charge on any atom is -0.373 e. The summed E-state index contributed by atoms with van der Waals surface area (Å²) in [4.78, 5) is 0. The third-order valence-electron chi connectivity index (χ3n) is 1.41. The number of aromatic nitrogens is 3. The summed E-state index contributed by atoms with van der Waals surface area (Å²) in [6, 6.07) is 0. The summed E-state index contributed by atoms with van der Waals surface area (Å²) in [5.41, 5.74) is 0. The maximum absolute atomic E-state index is 9.16. The summed E-state index contributed by atoms with van der Waals surface area (Å²) in [5.74, 6) is 1.49. The van der Waals surface area contributed by atoms with Gasteiger partial charge in [-0.15, -0.1) is 10.2 Å². The quantitative estimate of drug-likeness (QED) is 0.759. The largest absolute Gasteiger partial charge is 0.373 e. The van der Waals surface area contributed by atoms with E-state index in [1.807, 2.05) is 41.5 Å². The fraction of sp³-hybridized carbons (Fsp3) is 0.800. The lowest BCUT2D eigenvalue weighted by molar-refractivity contribution is 0.119. The van der Waals surface area contributed by atoms with Crippen LogP contribution in [0.25, 0.3) is 0 Å². The van der Waals surface area contributed by atoms with Gasteiger partial charge in [-0.1, -0.05) is 27.7 Å². The molecule has 0 bridgehead atoms. The summed E-state index contributed by atoms with van der Waals surface area (Å²) in [5, 5.41) is 16.7. The maximum atomic E-state index is 9.16. The first kappa shape index (κ1) is 15.6. The highest BCUT2D eigenvalue weighted by molar-refractivity contribution is 4.91. The van der Waals surface area contributed by atoms with Crippen molar-refractivity contribution in [2.24, 2.45) is 0 Å². The van der Waals surface area contributed by atoms with Gasteiger partial charge in [0.2, 0.25) is 0 Å². The minimum absolute atomic E-state index is 0.532. The van der Waals surface area contributed by atoms with E-state index in [0.29, 0.717) is 0 Å². The van der Waals surface area contributed by atoms with Gasteiger partial charge in [-0.25, -0.2) is 0 Å². The van der Waals surface area contributed by atoms with E-state index in [0.717, 1.165) is 11.6 Å². The second-order valence-electron chi connectivity index (χ2n) is 2.30. The van der Waals surface area contributed by atoms with Crippen molar-refractivity contribution in [3.05, 3.63) is 11.6 Å². The van der Waals surface area contributed by atoms with Gasteiger partial charge in [0, 0.05) is 0 Å². The zero-order chi connectivity index (χ0) is 11.7. The monoisotopic (exact) mass is 201 g/mol. The van der Waals surface area contributed by atoms with Crippen LogP contribution in [-0.4, -0.2) is 19.9 Å². The number of rotatable bonds is 1. The van der Waals surface area contributed by atoms with Crippen LogP contribution in [0.1, 0.15) is 52.5 Å². The molecule has 0 fully saturated rings. The Bertz CT molecular complexity index is 212.